The van der Waals surface area contributed by atoms with Crippen LogP contribution in [-0.4, -0.2) is 76.3 Å². The first-order valence-electron chi connectivity index (χ1n) is 11.8. The molecule has 0 bridgehead atoms. The Hall–Kier alpha value is -2.28. The van der Waals surface area contributed by atoms with E-state index in [-0.39, 0.29) is 17.9 Å². The number of carbonyl (C=O) groups is 1. The SMILES string of the molecule is CCOCCC1(CNC(=NC)NCC(=O)N2CCN(c3ccccc3)CC2)CCCC1. The summed E-state index contributed by atoms with van der Waals surface area (Å²) in [7, 11) is 1.76. The van der Waals surface area contributed by atoms with Gasteiger partial charge in [-0.2, -0.15) is 0 Å². The molecule has 0 unspecified atom stereocenters. The van der Waals surface area contributed by atoms with Crippen LogP contribution in [0.1, 0.15) is 39.0 Å². The lowest BCUT2D eigenvalue weighted by Gasteiger charge is -2.36. The van der Waals surface area contributed by atoms with Gasteiger partial charge in [0.2, 0.25) is 5.91 Å². The molecule has 1 heterocycles. The first kappa shape index (κ1) is 23.4. The summed E-state index contributed by atoms with van der Waals surface area (Å²) >= 11 is 0. The summed E-state index contributed by atoms with van der Waals surface area (Å²) in [6.07, 6.45) is 6.11. The fourth-order valence-electron chi connectivity index (χ4n) is 4.69. The molecule has 0 spiro atoms. The largest absolute Gasteiger partial charge is 0.382 e. The molecule has 0 atom stereocenters. The van der Waals surface area contributed by atoms with Gasteiger partial charge in [-0.15, -0.1) is 0 Å². The Morgan fingerprint density at radius 3 is 2.45 bits per heavy atom. The molecule has 0 aromatic heterocycles. The monoisotopic (exact) mass is 429 g/mol. The zero-order chi connectivity index (χ0) is 21.9. The molecular formula is C24H39N5O2. The van der Waals surface area contributed by atoms with Crippen LogP contribution in [0.25, 0.3) is 0 Å². The zero-order valence-corrected chi connectivity index (χ0v) is 19.2. The fraction of sp³-hybridized carbons (Fsp3) is 0.667. The van der Waals surface area contributed by atoms with E-state index in [0.717, 1.165) is 52.4 Å². The minimum atomic E-state index is 0.127. The van der Waals surface area contributed by atoms with Crippen molar-refractivity contribution in [1.29, 1.82) is 0 Å². The van der Waals surface area contributed by atoms with Gasteiger partial charge in [-0.25, -0.2) is 0 Å². The lowest BCUT2D eigenvalue weighted by atomic mass is 9.83. The van der Waals surface area contributed by atoms with E-state index in [2.05, 4.69) is 44.8 Å². The van der Waals surface area contributed by atoms with Crippen LogP contribution < -0.4 is 15.5 Å². The van der Waals surface area contributed by atoms with E-state index < -0.39 is 0 Å². The molecular weight excluding hydrogens is 390 g/mol. The molecule has 7 nitrogen and oxygen atoms in total. The highest BCUT2D eigenvalue weighted by atomic mass is 16.5. The van der Waals surface area contributed by atoms with E-state index in [4.69, 9.17) is 4.74 Å². The van der Waals surface area contributed by atoms with Crippen molar-refractivity contribution in [2.24, 2.45) is 10.4 Å². The zero-order valence-electron chi connectivity index (χ0n) is 19.2. The van der Waals surface area contributed by atoms with Gasteiger partial charge in [0.15, 0.2) is 5.96 Å². The highest BCUT2D eigenvalue weighted by Gasteiger charge is 2.33. The molecule has 1 saturated carbocycles. The van der Waals surface area contributed by atoms with Gasteiger partial charge < -0.3 is 25.2 Å². The molecule has 31 heavy (non-hydrogen) atoms. The number of nitrogens with zero attached hydrogens (tertiary/aromatic N) is 3. The minimum Gasteiger partial charge on any atom is -0.382 e. The average molecular weight is 430 g/mol. The topological polar surface area (TPSA) is 69.2 Å². The lowest BCUT2D eigenvalue weighted by Crippen LogP contribution is -2.52. The van der Waals surface area contributed by atoms with Crippen LogP contribution in [0.2, 0.25) is 0 Å². The molecule has 2 fully saturated rings. The normalized spacial score (nSPS) is 18.8. The highest BCUT2D eigenvalue weighted by Crippen LogP contribution is 2.40. The molecule has 1 amide bonds. The van der Waals surface area contributed by atoms with Gasteiger partial charge in [-0.3, -0.25) is 9.79 Å². The number of aliphatic imine (C=N–C) groups is 1. The van der Waals surface area contributed by atoms with Crippen molar-refractivity contribution >= 4 is 17.6 Å². The van der Waals surface area contributed by atoms with Crippen molar-refractivity contribution in [3.05, 3.63) is 30.3 Å². The number of hydrogen-bond acceptors (Lipinski definition) is 4. The lowest BCUT2D eigenvalue weighted by molar-refractivity contribution is -0.130. The maximum atomic E-state index is 12.7. The second kappa shape index (κ2) is 11.9. The van der Waals surface area contributed by atoms with E-state index in [1.807, 2.05) is 17.9 Å². The average Bonchev–Trinajstić information content (AvgIpc) is 3.29. The molecule has 172 valence electrons. The summed E-state index contributed by atoms with van der Waals surface area (Å²) in [5.41, 5.74) is 1.51. The first-order valence-corrected chi connectivity index (χ1v) is 11.8. The molecule has 1 saturated heterocycles. The molecule has 1 aromatic carbocycles. The maximum Gasteiger partial charge on any atom is 0.242 e. The van der Waals surface area contributed by atoms with Crippen molar-refractivity contribution in [2.45, 2.75) is 39.0 Å². The molecule has 0 radical (unpaired) electrons. The standard InChI is InChI=1S/C24H39N5O2/c1-3-31-18-13-24(11-7-8-12-24)20-27-23(25-2)26-19-22(30)29-16-14-28(15-17-29)21-9-5-4-6-10-21/h4-6,9-10H,3,7-8,11-20H2,1-2H3,(H2,25,26,27). The third kappa shape index (κ3) is 6.86. The van der Waals surface area contributed by atoms with Crippen molar-refractivity contribution in [2.75, 3.05) is 64.4 Å². The number of guanidine groups is 1. The van der Waals surface area contributed by atoms with Crippen molar-refractivity contribution < 1.29 is 9.53 Å². The Kier molecular flexibility index (Phi) is 9.00. The smallest absolute Gasteiger partial charge is 0.242 e. The van der Waals surface area contributed by atoms with Crippen molar-refractivity contribution in [1.82, 2.24) is 15.5 Å². The van der Waals surface area contributed by atoms with Crippen LogP contribution in [0.15, 0.2) is 35.3 Å². The van der Waals surface area contributed by atoms with Crippen LogP contribution in [-0.2, 0) is 9.53 Å². The number of para-hydroxylation sites is 1. The van der Waals surface area contributed by atoms with Gasteiger partial charge in [0, 0.05) is 58.7 Å². The molecule has 2 aliphatic rings. The van der Waals surface area contributed by atoms with Crippen molar-refractivity contribution in [3.8, 4) is 0 Å². The number of nitrogens with one attached hydrogen (secondary N) is 2. The quantitative estimate of drug-likeness (QED) is 0.359. The van der Waals surface area contributed by atoms with Gasteiger partial charge in [-0.1, -0.05) is 31.0 Å². The van der Waals surface area contributed by atoms with E-state index in [0.29, 0.717) is 5.96 Å². The van der Waals surface area contributed by atoms with Gasteiger partial charge in [-0.05, 0) is 43.7 Å². The van der Waals surface area contributed by atoms with Gasteiger partial charge >= 0.3 is 0 Å². The van der Waals surface area contributed by atoms with Crippen molar-refractivity contribution in [3.63, 3.8) is 0 Å². The Bertz CT molecular complexity index is 695. The number of rotatable bonds is 9. The summed E-state index contributed by atoms with van der Waals surface area (Å²) in [4.78, 5) is 21.3. The molecule has 2 N–H and O–H groups in total. The molecule has 1 aliphatic heterocycles. The first-order chi connectivity index (χ1) is 15.2. The number of hydrogen-bond donors (Lipinski definition) is 2. The summed E-state index contributed by atoms with van der Waals surface area (Å²) in [5, 5.41) is 6.69. The molecule has 1 aliphatic carbocycles. The van der Waals surface area contributed by atoms with Crippen LogP contribution >= 0.6 is 0 Å². The predicted molar refractivity (Wildman–Crippen MR) is 127 cm³/mol. The Labute approximate surface area is 187 Å². The Balaban J connectivity index is 1.40. The Morgan fingerprint density at radius 2 is 1.81 bits per heavy atom. The van der Waals surface area contributed by atoms with E-state index in [1.54, 1.807) is 7.05 Å². The van der Waals surface area contributed by atoms with Crippen LogP contribution in [0.4, 0.5) is 5.69 Å². The summed E-state index contributed by atoms with van der Waals surface area (Å²) < 4.78 is 5.61. The van der Waals surface area contributed by atoms with E-state index in [9.17, 15) is 4.79 Å². The maximum absolute atomic E-state index is 12.7. The fourth-order valence-corrected chi connectivity index (χ4v) is 4.69. The number of benzene rings is 1. The third-order valence-electron chi connectivity index (χ3n) is 6.66. The Morgan fingerprint density at radius 1 is 1.10 bits per heavy atom. The van der Waals surface area contributed by atoms with Gasteiger partial charge in [0.05, 0.1) is 6.54 Å². The summed E-state index contributed by atoms with van der Waals surface area (Å²) in [5.74, 6) is 0.835. The second-order valence-electron chi connectivity index (χ2n) is 8.64. The van der Waals surface area contributed by atoms with E-state index >= 15 is 0 Å². The van der Waals surface area contributed by atoms with Crippen LogP contribution in [0.5, 0.6) is 0 Å². The molecule has 3 rings (SSSR count). The van der Waals surface area contributed by atoms with Crippen LogP contribution in [0.3, 0.4) is 0 Å². The van der Waals surface area contributed by atoms with Gasteiger partial charge in [0.1, 0.15) is 0 Å². The van der Waals surface area contributed by atoms with Crippen LogP contribution in [0, 0.1) is 5.41 Å². The molecule has 7 heteroatoms. The number of anilines is 1. The highest BCUT2D eigenvalue weighted by molar-refractivity contribution is 5.86. The number of carbonyl (C=O) groups excluding carboxylic acids is 1. The second-order valence-corrected chi connectivity index (χ2v) is 8.64. The minimum absolute atomic E-state index is 0.127. The number of amides is 1. The third-order valence-corrected chi connectivity index (χ3v) is 6.66. The number of ether oxygens (including phenoxy) is 1. The van der Waals surface area contributed by atoms with E-state index in [1.165, 1.54) is 31.4 Å². The predicted octanol–water partition coefficient (Wildman–Crippen LogP) is 2.49. The summed E-state index contributed by atoms with van der Waals surface area (Å²) in [6, 6.07) is 10.4. The van der Waals surface area contributed by atoms with Gasteiger partial charge in [0.25, 0.3) is 0 Å². The molecule has 1 aromatic rings. The number of piperazine rings is 1. The summed E-state index contributed by atoms with van der Waals surface area (Å²) in [6.45, 7) is 8.02.